The van der Waals surface area contributed by atoms with E-state index in [0.29, 0.717) is 19.3 Å². The first-order valence-electron chi connectivity index (χ1n) is 24.8. The molecule has 0 N–H and O–H groups in total. The van der Waals surface area contributed by atoms with Gasteiger partial charge in [0.1, 0.15) is 13.2 Å². The Balaban J connectivity index is 4.56. The molecule has 0 saturated carbocycles. The Morgan fingerprint density at radius 1 is 0.349 bits per heavy atom. The lowest BCUT2D eigenvalue weighted by Gasteiger charge is -2.18. The van der Waals surface area contributed by atoms with Crippen molar-refractivity contribution in [2.24, 2.45) is 0 Å². The van der Waals surface area contributed by atoms with Gasteiger partial charge >= 0.3 is 17.9 Å². The van der Waals surface area contributed by atoms with E-state index < -0.39 is 6.10 Å². The SMILES string of the molecule is CC/C=C/C=C/C=C/C=C/C=C/CCCCCC(=O)OC(COC(=O)CCCCC/C=C/C=C/C=C/C=C/CC)COC(=O)CCCCCCCCC/C=C/C/C=C/CCCCC. The summed E-state index contributed by atoms with van der Waals surface area (Å²) in [6, 6.07) is 0. The van der Waals surface area contributed by atoms with E-state index in [1.807, 2.05) is 85.1 Å². The molecule has 0 rings (SSSR count). The van der Waals surface area contributed by atoms with Crippen molar-refractivity contribution in [2.75, 3.05) is 13.2 Å². The molecule has 0 bridgehead atoms. The van der Waals surface area contributed by atoms with Gasteiger partial charge in [0.15, 0.2) is 6.10 Å². The molecule has 0 aliphatic rings. The standard InChI is InChI=1S/C57H88O6/c1-4-7-10-13-16-19-22-25-27-28-30-32-35-38-41-44-47-50-56(59)62-53-54(52-61-55(58)49-46-43-40-37-34-31-24-21-18-15-12-9-6-3)63-57(60)51-48-45-42-39-36-33-29-26-23-20-17-14-11-8-5-2/h8-9,11-12,14-21,23-27,29,31,33-34,36,54H,4-7,10,13,22,28,30,32,35,37-53H2,1-3H3/b11-8+,12-9+,17-14+,18-15+,19-16+,23-20+,24-21+,27-25+,29-26+,34-31+,36-33+. The molecule has 0 aromatic heterocycles. The monoisotopic (exact) mass is 869 g/mol. The van der Waals surface area contributed by atoms with Crippen LogP contribution in [-0.4, -0.2) is 37.2 Å². The Hall–Kier alpha value is -4.45. The van der Waals surface area contributed by atoms with Gasteiger partial charge in [-0.1, -0.05) is 212 Å². The maximum absolute atomic E-state index is 12.8. The number of hydrogen-bond acceptors (Lipinski definition) is 6. The molecule has 6 heteroatoms. The van der Waals surface area contributed by atoms with Gasteiger partial charge in [-0.05, 0) is 89.9 Å². The molecule has 0 spiro atoms. The van der Waals surface area contributed by atoms with Crippen LogP contribution in [0.15, 0.2) is 134 Å². The topological polar surface area (TPSA) is 78.9 Å². The van der Waals surface area contributed by atoms with Gasteiger partial charge < -0.3 is 14.2 Å². The second-order valence-corrected chi connectivity index (χ2v) is 15.8. The molecule has 0 saturated heterocycles. The zero-order chi connectivity index (χ0) is 45.8. The fourth-order valence-corrected chi connectivity index (χ4v) is 6.15. The average molecular weight is 869 g/mol. The van der Waals surface area contributed by atoms with E-state index in [0.717, 1.165) is 89.9 Å². The van der Waals surface area contributed by atoms with E-state index in [1.165, 1.54) is 51.4 Å². The summed E-state index contributed by atoms with van der Waals surface area (Å²) in [6.07, 6.45) is 70.0. The minimum atomic E-state index is -0.824. The minimum Gasteiger partial charge on any atom is -0.462 e. The second-order valence-electron chi connectivity index (χ2n) is 15.8. The number of ether oxygens (including phenoxy) is 3. The summed E-state index contributed by atoms with van der Waals surface area (Å²) < 4.78 is 16.7. The van der Waals surface area contributed by atoms with E-state index in [4.69, 9.17) is 14.2 Å². The minimum absolute atomic E-state index is 0.118. The molecule has 0 aromatic rings. The summed E-state index contributed by atoms with van der Waals surface area (Å²) in [4.78, 5) is 37.9. The van der Waals surface area contributed by atoms with E-state index in [-0.39, 0.29) is 37.5 Å². The third-order valence-electron chi connectivity index (χ3n) is 9.84. The van der Waals surface area contributed by atoms with E-state index in [1.54, 1.807) is 0 Å². The third kappa shape index (κ3) is 48.4. The van der Waals surface area contributed by atoms with Crippen LogP contribution in [0.2, 0.25) is 0 Å². The molecule has 0 radical (unpaired) electrons. The largest absolute Gasteiger partial charge is 0.462 e. The van der Waals surface area contributed by atoms with E-state index in [9.17, 15) is 14.4 Å². The maximum atomic E-state index is 12.8. The number of esters is 3. The van der Waals surface area contributed by atoms with Crippen molar-refractivity contribution in [3.8, 4) is 0 Å². The molecule has 1 unspecified atom stereocenters. The first-order chi connectivity index (χ1) is 31.0. The summed E-state index contributed by atoms with van der Waals surface area (Å²) in [7, 11) is 0. The van der Waals surface area contributed by atoms with Crippen LogP contribution in [-0.2, 0) is 28.6 Å². The molecular weight excluding hydrogens is 781 g/mol. The van der Waals surface area contributed by atoms with Crippen LogP contribution in [0.4, 0.5) is 0 Å². The van der Waals surface area contributed by atoms with Gasteiger partial charge in [-0.15, -0.1) is 0 Å². The highest BCUT2D eigenvalue weighted by molar-refractivity contribution is 5.71. The second kappa shape index (κ2) is 50.2. The number of allylic oxidation sites excluding steroid dienone is 22. The predicted molar refractivity (Wildman–Crippen MR) is 269 cm³/mol. The quantitative estimate of drug-likeness (QED) is 0.0200. The molecule has 352 valence electrons. The summed E-state index contributed by atoms with van der Waals surface area (Å²) >= 11 is 0. The molecule has 0 aromatic carbocycles. The van der Waals surface area contributed by atoms with Gasteiger partial charge in [-0.25, -0.2) is 0 Å². The molecular formula is C57H88O6. The Kier molecular flexibility index (Phi) is 46.7. The van der Waals surface area contributed by atoms with Crippen molar-refractivity contribution in [3.05, 3.63) is 134 Å². The maximum Gasteiger partial charge on any atom is 0.306 e. The van der Waals surface area contributed by atoms with Crippen molar-refractivity contribution in [2.45, 2.75) is 194 Å². The fourth-order valence-electron chi connectivity index (χ4n) is 6.15. The number of carbonyl (C=O) groups is 3. The van der Waals surface area contributed by atoms with E-state index in [2.05, 4.69) is 69.4 Å². The van der Waals surface area contributed by atoms with Crippen molar-refractivity contribution in [3.63, 3.8) is 0 Å². The average Bonchev–Trinajstić information content (AvgIpc) is 3.28. The molecule has 0 heterocycles. The van der Waals surface area contributed by atoms with Gasteiger partial charge in [0, 0.05) is 19.3 Å². The highest BCUT2D eigenvalue weighted by Crippen LogP contribution is 2.13. The molecule has 0 aliphatic heterocycles. The van der Waals surface area contributed by atoms with E-state index >= 15 is 0 Å². The van der Waals surface area contributed by atoms with Crippen molar-refractivity contribution < 1.29 is 28.6 Å². The summed E-state index contributed by atoms with van der Waals surface area (Å²) in [5, 5.41) is 0. The van der Waals surface area contributed by atoms with Crippen molar-refractivity contribution >= 4 is 17.9 Å². The zero-order valence-electron chi connectivity index (χ0n) is 40.0. The summed E-state index contributed by atoms with van der Waals surface area (Å²) in [5.41, 5.74) is 0. The number of unbranched alkanes of at least 4 members (excludes halogenated alkanes) is 16. The Bertz CT molecular complexity index is 1420. The molecule has 0 fully saturated rings. The smallest absolute Gasteiger partial charge is 0.306 e. The van der Waals surface area contributed by atoms with Crippen LogP contribution in [0.5, 0.6) is 0 Å². The summed E-state index contributed by atoms with van der Waals surface area (Å²) in [6.45, 7) is 6.22. The Labute approximate surface area is 385 Å². The fraction of sp³-hybridized carbons (Fsp3) is 0.561. The van der Waals surface area contributed by atoms with Gasteiger partial charge in [0.2, 0.25) is 0 Å². The lowest BCUT2D eigenvalue weighted by Crippen LogP contribution is -2.30. The zero-order valence-corrected chi connectivity index (χ0v) is 40.0. The normalized spacial score (nSPS) is 13.3. The molecule has 63 heavy (non-hydrogen) atoms. The molecule has 1 atom stereocenters. The van der Waals surface area contributed by atoms with Crippen LogP contribution < -0.4 is 0 Å². The van der Waals surface area contributed by atoms with Gasteiger partial charge in [-0.2, -0.15) is 0 Å². The van der Waals surface area contributed by atoms with Crippen LogP contribution in [0, 0.1) is 0 Å². The molecule has 6 nitrogen and oxygen atoms in total. The van der Waals surface area contributed by atoms with Gasteiger partial charge in [0.05, 0.1) is 0 Å². The Morgan fingerprint density at radius 3 is 1.11 bits per heavy atom. The molecule has 0 aliphatic carbocycles. The lowest BCUT2D eigenvalue weighted by molar-refractivity contribution is -0.167. The van der Waals surface area contributed by atoms with Crippen LogP contribution in [0.1, 0.15) is 188 Å². The first kappa shape index (κ1) is 58.6. The van der Waals surface area contributed by atoms with Crippen LogP contribution in [0.3, 0.4) is 0 Å². The van der Waals surface area contributed by atoms with Crippen molar-refractivity contribution in [1.82, 2.24) is 0 Å². The summed E-state index contributed by atoms with van der Waals surface area (Å²) in [5.74, 6) is -1.02. The van der Waals surface area contributed by atoms with Crippen LogP contribution in [0.25, 0.3) is 0 Å². The highest BCUT2D eigenvalue weighted by Gasteiger charge is 2.19. The highest BCUT2D eigenvalue weighted by atomic mass is 16.6. The molecule has 0 amide bonds. The van der Waals surface area contributed by atoms with Gasteiger partial charge in [-0.3, -0.25) is 14.4 Å². The van der Waals surface area contributed by atoms with Gasteiger partial charge in [0.25, 0.3) is 0 Å². The van der Waals surface area contributed by atoms with Crippen molar-refractivity contribution in [1.29, 1.82) is 0 Å². The lowest BCUT2D eigenvalue weighted by atomic mass is 10.1. The third-order valence-corrected chi connectivity index (χ3v) is 9.84. The predicted octanol–water partition coefficient (Wildman–Crippen LogP) is 16.3. The number of hydrogen-bond donors (Lipinski definition) is 0. The number of rotatable bonds is 42. The number of carbonyl (C=O) groups excluding carboxylic acids is 3. The van der Waals surface area contributed by atoms with Crippen LogP contribution >= 0.6 is 0 Å². The first-order valence-corrected chi connectivity index (χ1v) is 24.8. The Morgan fingerprint density at radius 2 is 0.683 bits per heavy atom.